The van der Waals surface area contributed by atoms with Crippen molar-refractivity contribution in [2.45, 2.75) is 19.4 Å². The van der Waals surface area contributed by atoms with E-state index in [1.165, 1.54) is 19.5 Å². The van der Waals surface area contributed by atoms with E-state index in [-0.39, 0.29) is 0 Å². The summed E-state index contributed by atoms with van der Waals surface area (Å²) < 4.78 is 0. The Hall–Kier alpha value is -0.340. The molecule has 0 saturated carbocycles. The Morgan fingerprint density at radius 2 is 2.42 bits per heavy atom. The maximum absolute atomic E-state index is 3.76. The molecule has 1 fully saturated rings. The summed E-state index contributed by atoms with van der Waals surface area (Å²) in [5, 5.41) is 3.36. The summed E-state index contributed by atoms with van der Waals surface area (Å²) in [6.45, 7) is 9.54. The molecular formula is C10H20N2. The molecule has 1 rings (SSSR count). The molecule has 0 aromatic rings. The third-order valence-corrected chi connectivity index (χ3v) is 2.75. The van der Waals surface area contributed by atoms with Gasteiger partial charge in [0.1, 0.15) is 0 Å². The second kappa shape index (κ2) is 4.63. The Balaban J connectivity index is 2.34. The molecule has 0 radical (unpaired) electrons. The molecule has 2 nitrogen and oxygen atoms in total. The Morgan fingerprint density at radius 3 is 2.92 bits per heavy atom. The lowest BCUT2D eigenvalue weighted by Crippen LogP contribution is -2.47. The van der Waals surface area contributed by atoms with Gasteiger partial charge in [-0.15, -0.1) is 6.58 Å². The summed E-state index contributed by atoms with van der Waals surface area (Å²) in [4.78, 5) is 2.46. The van der Waals surface area contributed by atoms with Crippen LogP contribution in [0.1, 0.15) is 13.3 Å². The van der Waals surface area contributed by atoms with Crippen molar-refractivity contribution >= 4 is 0 Å². The fraction of sp³-hybridized carbons (Fsp3) is 0.800. The topological polar surface area (TPSA) is 15.3 Å². The average molecular weight is 168 g/mol. The van der Waals surface area contributed by atoms with Crippen molar-refractivity contribution in [1.29, 1.82) is 0 Å². The first kappa shape index (κ1) is 9.75. The molecule has 12 heavy (non-hydrogen) atoms. The minimum Gasteiger partial charge on any atom is -0.317 e. The van der Waals surface area contributed by atoms with Crippen LogP contribution in [0.4, 0.5) is 0 Å². The van der Waals surface area contributed by atoms with E-state index < -0.39 is 0 Å². The highest BCUT2D eigenvalue weighted by Crippen LogP contribution is 2.15. The molecule has 1 saturated heterocycles. The summed E-state index contributed by atoms with van der Waals surface area (Å²) in [6, 6.07) is 0.714. The summed E-state index contributed by atoms with van der Waals surface area (Å²) in [7, 11) is 2.06. The van der Waals surface area contributed by atoms with Crippen molar-refractivity contribution < 1.29 is 0 Å². The van der Waals surface area contributed by atoms with Gasteiger partial charge in [0.2, 0.25) is 0 Å². The van der Waals surface area contributed by atoms with Gasteiger partial charge in [-0.1, -0.05) is 13.0 Å². The number of piperidine rings is 1. The molecule has 2 atom stereocenters. The Kier molecular flexibility index (Phi) is 3.76. The van der Waals surface area contributed by atoms with Crippen molar-refractivity contribution in [1.82, 2.24) is 10.2 Å². The maximum atomic E-state index is 3.76. The van der Waals surface area contributed by atoms with Gasteiger partial charge in [0.05, 0.1) is 0 Å². The highest BCUT2D eigenvalue weighted by molar-refractivity contribution is 4.84. The molecule has 70 valence electrons. The first-order chi connectivity index (χ1) is 5.77. The van der Waals surface area contributed by atoms with Gasteiger partial charge in [0.25, 0.3) is 0 Å². The van der Waals surface area contributed by atoms with Crippen LogP contribution >= 0.6 is 0 Å². The predicted molar refractivity (Wildman–Crippen MR) is 53.3 cm³/mol. The minimum absolute atomic E-state index is 0.714. The number of likely N-dealkylation sites (tertiary alicyclic amines) is 1. The summed E-state index contributed by atoms with van der Waals surface area (Å²) in [5.41, 5.74) is 0. The number of rotatable bonds is 3. The van der Waals surface area contributed by atoms with Crippen molar-refractivity contribution in [3.05, 3.63) is 12.7 Å². The molecule has 2 heteroatoms. The van der Waals surface area contributed by atoms with Gasteiger partial charge in [-0.3, -0.25) is 4.90 Å². The van der Waals surface area contributed by atoms with Crippen molar-refractivity contribution in [3.8, 4) is 0 Å². The molecule has 1 aliphatic heterocycles. The largest absolute Gasteiger partial charge is 0.317 e. The van der Waals surface area contributed by atoms with Gasteiger partial charge >= 0.3 is 0 Å². The van der Waals surface area contributed by atoms with Gasteiger partial charge in [-0.2, -0.15) is 0 Å². The monoisotopic (exact) mass is 168 g/mol. The summed E-state index contributed by atoms with van der Waals surface area (Å²) in [6.07, 6.45) is 3.26. The number of nitrogens with one attached hydrogen (secondary N) is 1. The van der Waals surface area contributed by atoms with E-state index >= 15 is 0 Å². The molecular weight excluding hydrogens is 148 g/mol. The van der Waals surface area contributed by atoms with E-state index in [4.69, 9.17) is 0 Å². The second-order valence-electron chi connectivity index (χ2n) is 3.71. The Bertz CT molecular complexity index is 145. The molecule has 0 aromatic heterocycles. The Morgan fingerprint density at radius 1 is 1.67 bits per heavy atom. The van der Waals surface area contributed by atoms with Crippen molar-refractivity contribution in [3.63, 3.8) is 0 Å². The molecule has 2 unspecified atom stereocenters. The van der Waals surface area contributed by atoms with E-state index in [9.17, 15) is 0 Å². The molecule has 0 aromatic carbocycles. The highest BCUT2D eigenvalue weighted by atomic mass is 15.1. The fourth-order valence-corrected chi connectivity index (χ4v) is 2.01. The third-order valence-electron chi connectivity index (χ3n) is 2.75. The van der Waals surface area contributed by atoms with E-state index in [2.05, 4.69) is 30.8 Å². The van der Waals surface area contributed by atoms with Gasteiger partial charge in [-0.25, -0.2) is 0 Å². The lowest BCUT2D eigenvalue weighted by atomic mass is 9.94. The predicted octanol–water partition coefficient (Wildman–Crippen LogP) is 1.10. The smallest absolute Gasteiger partial charge is 0.0160 e. The van der Waals surface area contributed by atoms with Crippen LogP contribution in [0.3, 0.4) is 0 Å². The van der Waals surface area contributed by atoms with Crippen LogP contribution in [0.25, 0.3) is 0 Å². The molecule has 1 N–H and O–H groups in total. The standard InChI is InChI=1S/C10H20N2/c1-4-6-12-7-5-10(11-3)9(2)8-12/h4,9-11H,1,5-8H2,2-3H3. The van der Waals surface area contributed by atoms with Gasteiger partial charge < -0.3 is 5.32 Å². The lowest BCUT2D eigenvalue weighted by Gasteiger charge is -2.36. The number of nitrogens with zero attached hydrogens (tertiary/aromatic N) is 1. The Labute approximate surface area is 75.6 Å². The summed E-state index contributed by atoms with van der Waals surface area (Å²) in [5.74, 6) is 0.767. The normalized spacial score (nSPS) is 31.8. The summed E-state index contributed by atoms with van der Waals surface area (Å²) >= 11 is 0. The van der Waals surface area contributed by atoms with E-state index in [1.54, 1.807) is 0 Å². The zero-order chi connectivity index (χ0) is 8.97. The van der Waals surface area contributed by atoms with Crippen LogP contribution in [0.2, 0.25) is 0 Å². The van der Waals surface area contributed by atoms with Crippen LogP contribution in [0.15, 0.2) is 12.7 Å². The maximum Gasteiger partial charge on any atom is 0.0160 e. The first-order valence-corrected chi connectivity index (χ1v) is 4.78. The minimum atomic E-state index is 0.714. The van der Waals surface area contributed by atoms with Crippen molar-refractivity contribution in [2.24, 2.45) is 5.92 Å². The highest BCUT2D eigenvalue weighted by Gasteiger charge is 2.23. The van der Waals surface area contributed by atoms with E-state index in [0.29, 0.717) is 6.04 Å². The van der Waals surface area contributed by atoms with Gasteiger partial charge in [0.15, 0.2) is 0 Å². The third kappa shape index (κ3) is 2.32. The van der Waals surface area contributed by atoms with Crippen LogP contribution in [0, 0.1) is 5.92 Å². The van der Waals surface area contributed by atoms with Crippen LogP contribution in [-0.2, 0) is 0 Å². The second-order valence-corrected chi connectivity index (χ2v) is 3.71. The van der Waals surface area contributed by atoms with Crippen LogP contribution in [-0.4, -0.2) is 37.6 Å². The average Bonchev–Trinajstić information content (AvgIpc) is 2.05. The molecule has 1 heterocycles. The number of hydrogen-bond acceptors (Lipinski definition) is 2. The van der Waals surface area contributed by atoms with Crippen LogP contribution < -0.4 is 5.32 Å². The van der Waals surface area contributed by atoms with Crippen molar-refractivity contribution in [2.75, 3.05) is 26.7 Å². The van der Waals surface area contributed by atoms with Gasteiger partial charge in [0, 0.05) is 19.1 Å². The molecule has 0 amide bonds. The first-order valence-electron chi connectivity index (χ1n) is 4.78. The van der Waals surface area contributed by atoms with Gasteiger partial charge in [-0.05, 0) is 25.9 Å². The lowest BCUT2D eigenvalue weighted by molar-refractivity contribution is 0.165. The zero-order valence-corrected chi connectivity index (χ0v) is 8.21. The quantitative estimate of drug-likeness (QED) is 0.635. The number of hydrogen-bond donors (Lipinski definition) is 1. The zero-order valence-electron chi connectivity index (χ0n) is 8.21. The van der Waals surface area contributed by atoms with E-state index in [0.717, 1.165) is 12.5 Å². The SMILES string of the molecule is C=CCN1CCC(NC)C(C)C1. The molecule has 0 bridgehead atoms. The molecule has 1 aliphatic rings. The fourth-order valence-electron chi connectivity index (χ4n) is 2.01. The molecule has 0 aliphatic carbocycles. The van der Waals surface area contributed by atoms with Crippen LogP contribution in [0.5, 0.6) is 0 Å². The van der Waals surface area contributed by atoms with E-state index in [1.807, 2.05) is 6.08 Å². The molecule has 0 spiro atoms.